The SMILES string of the molecule is CC(NC(=O)c1cccc(F)c1O)c1nncn1C. The Hall–Kier alpha value is -2.44. The van der Waals surface area contributed by atoms with E-state index in [-0.39, 0.29) is 5.56 Å². The minimum absolute atomic E-state index is 0.117. The molecule has 0 aliphatic carbocycles. The first-order valence-corrected chi connectivity index (χ1v) is 5.63. The Morgan fingerprint density at radius 2 is 2.26 bits per heavy atom. The summed E-state index contributed by atoms with van der Waals surface area (Å²) in [5.41, 5.74) is -0.117. The third kappa shape index (κ3) is 2.54. The second-order valence-corrected chi connectivity index (χ2v) is 4.13. The van der Waals surface area contributed by atoms with Crippen LogP contribution in [0.4, 0.5) is 4.39 Å². The van der Waals surface area contributed by atoms with Crippen LogP contribution in [0.3, 0.4) is 0 Å². The maximum Gasteiger partial charge on any atom is 0.255 e. The van der Waals surface area contributed by atoms with Crippen LogP contribution >= 0.6 is 0 Å². The number of aryl methyl sites for hydroxylation is 1. The van der Waals surface area contributed by atoms with Crippen molar-refractivity contribution in [2.75, 3.05) is 0 Å². The summed E-state index contributed by atoms with van der Waals surface area (Å²) < 4.78 is 14.8. The van der Waals surface area contributed by atoms with E-state index in [4.69, 9.17) is 0 Å². The van der Waals surface area contributed by atoms with E-state index in [2.05, 4.69) is 15.5 Å². The second-order valence-electron chi connectivity index (χ2n) is 4.13. The van der Waals surface area contributed by atoms with E-state index in [9.17, 15) is 14.3 Å². The number of carbonyl (C=O) groups is 1. The van der Waals surface area contributed by atoms with Gasteiger partial charge >= 0.3 is 0 Å². The zero-order valence-corrected chi connectivity index (χ0v) is 10.5. The largest absolute Gasteiger partial charge is 0.504 e. The van der Waals surface area contributed by atoms with Gasteiger partial charge in [0.15, 0.2) is 17.4 Å². The molecule has 0 fully saturated rings. The van der Waals surface area contributed by atoms with Gasteiger partial charge in [0.05, 0.1) is 11.6 Å². The van der Waals surface area contributed by atoms with Gasteiger partial charge in [-0.25, -0.2) is 4.39 Å². The lowest BCUT2D eigenvalue weighted by Crippen LogP contribution is -2.28. The van der Waals surface area contributed by atoms with Crippen LogP contribution < -0.4 is 5.32 Å². The predicted octanol–water partition coefficient (Wildman–Crippen LogP) is 1.15. The molecule has 6 nitrogen and oxygen atoms in total. The summed E-state index contributed by atoms with van der Waals surface area (Å²) in [7, 11) is 1.75. The van der Waals surface area contributed by atoms with Gasteiger partial charge < -0.3 is 15.0 Å². The number of halogens is 1. The highest BCUT2D eigenvalue weighted by molar-refractivity contribution is 5.97. The van der Waals surface area contributed by atoms with Gasteiger partial charge in [0.25, 0.3) is 5.91 Å². The first kappa shape index (κ1) is 13.0. The summed E-state index contributed by atoms with van der Waals surface area (Å²) in [4.78, 5) is 11.9. The number of nitrogens with zero attached hydrogens (tertiary/aromatic N) is 3. The van der Waals surface area contributed by atoms with Gasteiger partial charge in [0.1, 0.15) is 6.33 Å². The molecule has 1 unspecified atom stereocenters. The van der Waals surface area contributed by atoms with Gasteiger partial charge in [-0.05, 0) is 19.1 Å². The Morgan fingerprint density at radius 1 is 1.53 bits per heavy atom. The van der Waals surface area contributed by atoms with Crippen LogP contribution in [0, 0.1) is 5.82 Å². The predicted molar refractivity (Wildman–Crippen MR) is 64.9 cm³/mol. The van der Waals surface area contributed by atoms with Crippen molar-refractivity contribution in [1.82, 2.24) is 20.1 Å². The van der Waals surface area contributed by atoms with Crippen LogP contribution in [0.5, 0.6) is 5.75 Å². The minimum atomic E-state index is -0.834. The van der Waals surface area contributed by atoms with E-state index in [1.807, 2.05) is 0 Å². The number of hydrogen-bond donors (Lipinski definition) is 2. The standard InChI is InChI=1S/C12H13FN4O2/c1-7(11-16-14-6-17(11)2)15-12(19)8-4-3-5-9(13)10(8)18/h3-7,18H,1-2H3,(H,15,19). The lowest BCUT2D eigenvalue weighted by Gasteiger charge is -2.13. The normalized spacial score (nSPS) is 12.2. The van der Waals surface area contributed by atoms with Crippen molar-refractivity contribution in [2.24, 2.45) is 7.05 Å². The van der Waals surface area contributed by atoms with E-state index in [1.165, 1.54) is 18.5 Å². The molecule has 2 rings (SSSR count). The van der Waals surface area contributed by atoms with E-state index in [0.29, 0.717) is 5.82 Å². The Morgan fingerprint density at radius 3 is 2.89 bits per heavy atom. The fourth-order valence-electron chi connectivity index (χ4n) is 1.72. The number of rotatable bonds is 3. The molecule has 1 heterocycles. The zero-order valence-electron chi connectivity index (χ0n) is 10.5. The Kier molecular flexibility index (Phi) is 3.46. The molecule has 2 aromatic rings. The Bertz CT molecular complexity index is 612. The lowest BCUT2D eigenvalue weighted by molar-refractivity contribution is 0.0934. The van der Waals surface area contributed by atoms with Crippen LogP contribution in [0.1, 0.15) is 29.1 Å². The molecular formula is C12H13FN4O2. The number of phenols is 1. The first-order chi connectivity index (χ1) is 9.00. The second kappa shape index (κ2) is 5.05. The molecule has 7 heteroatoms. The van der Waals surface area contributed by atoms with Crippen molar-refractivity contribution in [3.05, 3.63) is 41.7 Å². The fourth-order valence-corrected chi connectivity index (χ4v) is 1.72. The average Bonchev–Trinajstić information content (AvgIpc) is 2.79. The molecule has 1 amide bonds. The van der Waals surface area contributed by atoms with Crippen molar-refractivity contribution >= 4 is 5.91 Å². The molecule has 1 atom stereocenters. The van der Waals surface area contributed by atoms with E-state index in [0.717, 1.165) is 6.07 Å². The summed E-state index contributed by atoms with van der Waals surface area (Å²) in [6.45, 7) is 1.72. The molecule has 0 radical (unpaired) electrons. The third-order valence-corrected chi connectivity index (χ3v) is 2.71. The summed E-state index contributed by atoms with van der Waals surface area (Å²) in [5.74, 6) is -1.51. The molecule has 0 saturated heterocycles. The molecule has 0 saturated carbocycles. The highest BCUT2D eigenvalue weighted by Crippen LogP contribution is 2.21. The van der Waals surface area contributed by atoms with Crippen molar-refractivity contribution in [2.45, 2.75) is 13.0 Å². The van der Waals surface area contributed by atoms with Crippen LogP contribution in [-0.4, -0.2) is 25.8 Å². The molecule has 0 bridgehead atoms. The molecule has 0 aliphatic rings. The summed E-state index contributed by atoms with van der Waals surface area (Å²) in [6, 6.07) is 3.37. The van der Waals surface area contributed by atoms with E-state index < -0.39 is 23.5 Å². The fraction of sp³-hybridized carbons (Fsp3) is 0.250. The number of benzene rings is 1. The molecule has 0 spiro atoms. The van der Waals surface area contributed by atoms with Gasteiger partial charge in [0, 0.05) is 7.05 Å². The molecule has 2 N–H and O–H groups in total. The molecule has 19 heavy (non-hydrogen) atoms. The van der Waals surface area contributed by atoms with Gasteiger partial charge in [-0.15, -0.1) is 10.2 Å². The number of aromatic hydroxyl groups is 1. The molecule has 1 aromatic carbocycles. The smallest absolute Gasteiger partial charge is 0.255 e. The highest BCUT2D eigenvalue weighted by atomic mass is 19.1. The number of aromatic nitrogens is 3. The van der Waals surface area contributed by atoms with Gasteiger partial charge in [-0.2, -0.15) is 0 Å². The number of carbonyl (C=O) groups excluding carboxylic acids is 1. The third-order valence-electron chi connectivity index (χ3n) is 2.71. The van der Waals surface area contributed by atoms with Crippen LogP contribution in [0.25, 0.3) is 0 Å². The number of hydrogen-bond acceptors (Lipinski definition) is 4. The molecular weight excluding hydrogens is 251 g/mol. The maximum absolute atomic E-state index is 13.2. The average molecular weight is 264 g/mol. The van der Waals surface area contributed by atoms with Gasteiger partial charge in [-0.3, -0.25) is 4.79 Å². The minimum Gasteiger partial charge on any atom is -0.504 e. The topological polar surface area (TPSA) is 80.0 Å². The Balaban J connectivity index is 2.18. The molecule has 0 aliphatic heterocycles. The number of phenolic OH excluding ortho intramolecular Hbond substituents is 1. The van der Waals surface area contributed by atoms with Crippen molar-refractivity contribution in [1.29, 1.82) is 0 Å². The van der Waals surface area contributed by atoms with Crippen molar-refractivity contribution < 1.29 is 14.3 Å². The lowest BCUT2D eigenvalue weighted by atomic mass is 10.1. The highest BCUT2D eigenvalue weighted by Gasteiger charge is 2.19. The quantitative estimate of drug-likeness (QED) is 0.871. The van der Waals surface area contributed by atoms with Gasteiger partial charge in [-0.1, -0.05) is 6.07 Å². The Labute approximate surface area is 108 Å². The van der Waals surface area contributed by atoms with Crippen LogP contribution in [0.15, 0.2) is 24.5 Å². The number of amides is 1. The van der Waals surface area contributed by atoms with E-state index >= 15 is 0 Å². The number of para-hydroxylation sites is 1. The summed E-state index contributed by atoms with van der Waals surface area (Å²) in [5, 5.41) is 19.7. The first-order valence-electron chi connectivity index (χ1n) is 5.63. The summed E-state index contributed by atoms with van der Waals surface area (Å²) >= 11 is 0. The van der Waals surface area contributed by atoms with Crippen LogP contribution in [-0.2, 0) is 7.05 Å². The maximum atomic E-state index is 13.2. The zero-order chi connectivity index (χ0) is 14.0. The van der Waals surface area contributed by atoms with Crippen LogP contribution in [0.2, 0.25) is 0 Å². The monoisotopic (exact) mass is 264 g/mol. The van der Waals surface area contributed by atoms with Gasteiger partial charge in [0.2, 0.25) is 0 Å². The van der Waals surface area contributed by atoms with Crippen molar-refractivity contribution in [3.8, 4) is 5.75 Å². The number of nitrogens with one attached hydrogen (secondary N) is 1. The molecule has 100 valence electrons. The molecule has 1 aromatic heterocycles. The summed E-state index contributed by atoms with van der Waals surface area (Å²) in [6.07, 6.45) is 1.51. The van der Waals surface area contributed by atoms with E-state index in [1.54, 1.807) is 18.5 Å². The van der Waals surface area contributed by atoms with Crippen molar-refractivity contribution in [3.63, 3.8) is 0 Å².